The Labute approximate surface area is 200 Å². The minimum absolute atomic E-state index is 0.114. The third-order valence-electron chi connectivity index (χ3n) is 5.79. The summed E-state index contributed by atoms with van der Waals surface area (Å²) in [6.07, 6.45) is 4.60. The Kier molecular flexibility index (Phi) is 7.81. The molecule has 0 unspecified atom stereocenters. The van der Waals surface area contributed by atoms with E-state index in [4.69, 9.17) is 4.74 Å². The maximum Gasteiger partial charge on any atom is 0.233 e. The van der Waals surface area contributed by atoms with Gasteiger partial charge in [0, 0.05) is 26.1 Å². The number of carbonyl (C=O) groups excluding carboxylic acids is 3. The first-order chi connectivity index (χ1) is 16.0. The highest BCUT2D eigenvalue weighted by Crippen LogP contribution is 2.33. The molecule has 0 saturated carbocycles. The second-order valence-corrected chi connectivity index (χ2v) is 10.2. The van der Waals surface area contributed by atoms with E-state index in [1.807, 2.05) is 17.0 Å². The number of amides is 3. The predicted octanol–water partition coefficient (Wildman–Crippen LogP) is 3.03. The van der Waals surface area contributed by atoms with Crippen molar-refractivity contribution in [2.45, 2.75) is 36.4 Å². The lowest BCUT2D eigenvalue weighted by Gasteiger charge is -2.19. The van der Waals surface area contributed by atoms with E-state index < -0.39 is 5.92 Å². The smallest absolute Gasteiger partial charge is 0.233 e. The maximum absolute atomic E-state index is 12.8. The van der Waals surface area contributed by atoms with Gasteiger partial charge < -0.3 is 19.9 Å². The van der Waals surface area contributed by atoms with Crippen molar-refractivity contribution in [1.82, 2.24) is 15.1 Å². The zero-order valence-corrected chi connectivity index (χ0v) is 20.1. The molecule has 3 amide bonds. The van der Waals surface area contributed by atoms with Gasteiger partial charge in [-0.25, -0.2) is 0 Å². The number of benzene rings is 1. The van der Waals surface area contributed by atoms with E-state index in [1.54, 1.807) is 24.1 Å². The quantitative estimate of drug-likeness (QED) is 0.471. The Morgan fingerprint density at radius 3 is 2.70 bits per heavy atom. The average molecular weight is 490 g/mol. The largest absolute Gasteiger partial charge is 0.495 e. The van der Waals surface area contributed by atoms with Gasteiger partial charge >= 0.3 is 0 Å². The van der Waals surface area contributed by atoms with Crippen LogP contribution in [-0.2, 0) is 14.4 Å². The van der Waals surface area contributed by atoms with Crippen LogP contribution >= 0.6 is 23.1 Å². The Hall–Kier alpha value is -2.66. The van der Waals surface area contributed by atoms with Gasteiger partial charge in [-0.2, -0.15) is 0 Å². The number of rotatable bonds is 7. The van der Waals surface area contributed by atoms with Crippen LogP contribution in [0.25, 0.3) is 0 Å². The van der Waals surface area contributed by atoms with Crippen molar-refractivity contribution in [3.8, 4) is 5.75 Å². The zero-order chi connectivity index (χ0) is 23.2. The van der Waals surface area contributed by atoms with Gasteiger partial charge in [0.25, 0.3) is 0 Å². The van der Waals surface area contributed by atoms with Gasteiger partial charge in [0.05, 0.1) is 24.5 Å². The van der Waals surface area contributed by atoms with Gasteiger partial charge in [-0.1, -0.05) is 48.1 Å². The average Bonchev–Trinajstić information content (AvgIpc) is 3.33. The first kappa shape index (κ1) is 23.5. The van der Waals surface area contributed by atoms with Crippen LogP contribution in [-0.4, -0.2) is 65.3 Å². The number of anilines is 2. The number of thioether (sulfide) groups is 1. The Morgan fingerprint density at radius 2 is 1.94 bits per heavy atom. The SMILES string of the molecule is COc1ccccc1N1C[C@@H](C(=O)Nc2nnc(SCC(=O)N3CCCCCC3)s2)CC1=O. The second kappa shape index (κ2) is 11.0. The van der Waals surface area contributed by atoms with Crippen LogP contribution in [0.5, 0.6) is 5.75 Å². The van der Waals surface area contributed by atoms with E-state index in [1.165, 1.54) is 35.9 Å². The number of hydrogen-bond donors (Lipinski definition) is 1. The van der Waals surface area contributed by atoms with Crippen LogP contribution < -0.4 is 15.0 Å². The van der Waals surface area contributed by atoms with Gasteiger partial charge in [-0.05, 0) is 25.0 Å². The number of carbonyl (C=O) groups is 3. The molecule has 2 fully saturated rings. The van der Waals surface area contributed by atoms with Crippen molar-refractivity contribution in [2.75, 3.05) is 42.7 Å². The monoisotopic (exact) mass is 489 g/mol. The zero-order valence-electron chi connectivity index (χ0n) is 18.5. The lowest BCUT2D eigenvalue weighted by molar-refractivity contribution is -0.128. The van der Waals surface area contributed by atoms with Crippen LogP contribution in [0.4, 0.5) is 10.8 Å². The molecule has 2 aromatic rings. The van der Waals surface area contributed by atoms with Crippen molar-refractivity contribution in [3.63, 3.8) is 0 Å². The normalized spacial score (nSPS) is 18.8. The summed E-state index contributed by atoms with van der Waals surface area (Å²) in [5.41, 5.74) is 0.656. The summed E-state index contributed by atoms with van der Waals surface area (Å²) in [5.74, 6) is 0.130. The van der Waals surface area contributed by atoms with Crippen LogP contribution in [0, 0.1) is 5.92 Å². The number of nitrogens with one attached hydrogen (secondary N) is 1. The Bertz CT molecular complexity index is 1010. The van der Waals surface area contributed by atoms with Gasteiger partial charge in [-0.15, -0.1) is 10.2 Å². The third kappa shape index (κ3) is 5.83. The molecule has 0 spiro atoms. The van der Waals surface area contributed by atoms with Gasteiger partial charge in [0.15, 0.2) is 4.34 Å². The van der Waals surface area contributed by atoms with Crippen LogP contribution in [0.2, 0.25) is 0 Å². The van der Waals surface area contributed by atoms with E-state index in [9.17, 15) is 14.4 Å². The topological polar surface area (TPSA) is 105 Å². The van der Waals surface area contributed by atoms with Crippen molar-refractivity contribution < 1.29 is 19.1 Å². The lowest BCUT2D eigenvalue weighted by atomic mass is 10.1. The molecule has 3 heterocycles. The van der Waals surface area contributed by atoms with Crippen LogP contribution in [0.1, 0.15) is 32.1 Å². The summed E-state index contributed by atoms with van der Waals surface area (Å²) in [6, 6.07) is 7.25. The summed E-state index contributed by atoms with van der Waals surface area (Å²) in [5, 5.41) is 11.3. The van der Waals surface area contributed by atoms with Gasteiger partial charge in [0.2, 0.25) is 22.9 Å². The van der Waals surface area contributed by atoms with Crippen molar-refractivity contribution in [2.24, 2.45) is 5.92 Å². The minimum atomic E-state index is -0.493. The van der Waals surface area contributed by atoms with E-state index in [0.29, 0.717) is 26.7 Å². The number of likely N-dealkylation sites (tertiary alicyclic amines) is 1. The highest BCUT2D eigenvalue weighted by atomic mass is 32.2. The number of ether oxygens (including phenoxy) is 1. The first-order valence-corrected chi connectivity index (χ1v) is 12.8. The van der Waals surface area contributed by atoms with Gasteiger partial charge in [-0.3, -0.25) is 14.4 Å². The molecule has 2 saturated heterocycles. The molecule has 9 nitrogen and oxygen atoms in total. The molecule has 1 N–H and O–H groups in total. The molecule has 4 rings (SSSR count). The molecular weight excluding hydrogens is 462 g/mol. The molecule has 176 valence electrons. The third-order valence-corrected chi connectivity index (χ3v) is 7.74. The molecule has 0 bridgehead atoms. The summed E-state index contributed by atoms with van der Waals surface area (Å²) < 4.78 is 5.98. The molecule has 33 heavy (non-hydrogen) atoms. The maximum atomic E-state index is 12.8. The Morgan fingerprint density at radius 1 is 1.18 bits per heavy atom. The van der Waals surface area contributed by atoms with E-state index in [0.717, 1.165) is 25.9 Å². The summed E-state index contributed by atoms with van der Waals surface area (Å²) in [6.45, 7) is 1.92. The molecule has 1 aromatic carbocycles. The van der Waals surface area contributed by atoms with E-state index in [2.05, 4.69) is 15.5 Å². The second-order valence-electron chi connectivity index (χ2n) is 8.02. The Balaban J connectivity index is 1.29. The highest BCUT2D eigenvalue weighted by Gasteiger charge is 2.36. The van der Waals surface area contributed by atoms with E-state index >= 15 is 0 Å². The molecule has 11 heteroatoms. The number of methoxy groups -OCH3 is 1. The van der Waals surface area contributed by atoms with Crippen LogP contribution in [0.3, 0.4) is 0 Å². The summed E-state index contributed by atoms with van der Waals surface area (Å²) in [4.78, 5) is 41.3. The lowest BCUT2D eigenvalue weighted by Crippen LogP contribution is -2.33. The minimum Gasteiger partial charge on any atom is -0.495 e. The summed E-state index contributed by atoms with van der Waals surface area (Å²) in [7, 11) is 1.55. The molecule has 1 atom stereocenters. The van der Waals surface area contributed by atoms with Crippen LogP contribution in [0.15, 0.2) is 28.6 Å². The molecular formula is C22H27N5O4S2. The standard InChI is InChI=1S/C22H27N5O4S2/c1-31-17-9-5-4-8-16(17)27-13-15(12-18(27)28)20(30)23-21-24-25-22(33-21)32-14-19(29)26-10-6-2-3-7-11-26/h4-5,8-9,15H,2-3,6-7,10-14H2,1H3,(H,23,24,30)/t15-/m0/s1. The number of aromatic nitrogens is 2. The van der Waals surface area contributed by atoms with Crippen molar-refractivity contribution in [1.29, 1.82) is 0 Å². The van der Waals surface area contributed by atoms with Gasteiger partial charge in [0.1, 0.15) is 5.75 Å². The molecule has 2 aliphatic heterocycles. The summed E-state index contributed by atoms with van der Waals surface area (Å²) >= 11 is 2.57. The van der Waals surface area contributed by atoms with E-state index in [-0.39, 0.29) is 30.7 Å². The fraction of sp³-hybridized carbons (Fsp3) is 0.500. The fourth-order valence-corrected chi connectivity index (χ4v) is 5.69. The first-order valence-electron chi connectivity index (χ1n) is 11.0. The highest BCUT2D eigenvalue weighted by molar-refractivity contribution is 8.01. The molecule has 1 aromatic heterocycles. The molecule has 2 aliphatic rings. The molecule has 0 radical (unpaired) electrons. The van der Waals surface area contributed by atoms with Crippen molar-refractivity contribution in [3.05, 3.63) is 24.3 Å². The molecule has 0 aliphatic carbocycles. The van der Waals surface area contributed by atoms with Crippen molar-refractivity contribution >= 4 is 51.6 Å². The number of para-hydroxylation sites is 2. The number of nitrogens with zero attached hydrogens (tertiary/aromatic N) is 4. The number of hydrogen-bond acceptors (Lipinski definition) is 8. The fourth-order valence-electron chi connectivity index (χ4n) is 4.03. The predicted molar refractivity (Wildman–Crippen MR) is 128 cm³/mol.